The van der Waals surface area contributed by atoms with E-state index >= 15 is 0 Å². The summed E-state index contributed by atoms with van der Waals surface area (Å²) in [5, 5.41) is 5.14. The highest BCUT2D eigenvalue weighted by Crippen LogP contribution is 2.34. The molecule has 0 spiro atoms. The SMILES string of the molecule is COc1ccc(-c2csc(NC(=O)CSc3ccc(F)cc3)n2)c(OC)c1. The minimum atomic E-state index is -0.298. The fraction of sp³-hybridized carbons (Fsp3) is 0.158. The van der Waals surface area contributed by atoms with E-state index < -0.39 is 0 Å². The number of hydrogen-bond donors (Lipinski definition) is 1. The van der Waals surface area contributed by atoms with E-state index in [9.17, 15) is 9.18 Å². The van der Waals surface area contributed by atoms with Crippen molar-refractivity contribution in [1.82, 2.24) is 4.98 Å². The normalized spacial score (nSPS) is 10.5. The molecule has 0 atom stereocenters. The van der Waals surface area contributed by atoms with Crippen LogP contribution in [0, 0.1) is 5.82 Å². The van der Waals surface area contributed by atoms with Crippen molar-refractivity contribution < 1.29 is 18.7 Å². The van der Waals surface area contributed by atoms with Gasteiger partial charge in [-0.2, -0.15) is 0 Å². The molecule has 8 heteroatoms. The summed E-state index contributed by atoms with van der Waals surface area (Å²) < 4.78 is 23.5. The van der Waals surface area contributed by atoms with Gasteiger partial charge in [0.15, 0.2) is 5.13 Å². The van der Waals surface area contributed by atoms with E-state index in [1.165, 1.54) is 35.2 Å². The summed E-state index contributed by atoms with van der Waals surface area (Å²) in [5.41, 5.74) is 1.52. The van der Waals surface area contributed by atoms with Gasteiger partial charge in [-0.15, -0.1) is 23.1 Å². The molecule has 0 unspecified atom stereocenters. The second-order valence-electron chi connectivity index (χ2n) is 5.39. The van der Waals surface area contributed by atoms with Gasteiger partial charge in [0, 0.05) is 21.9 Å². The molecule has 0 radical (unpaired) electrons. The molecule has 5 nitrogen and oxygen atoms in total. The van der Waals surface area contributed by atoms with Crippen molar-refractivity contribution in [2.45, 2.75) is 4.90 Å². The Bertz CT molecular complexity index is 929. The number of nitrogens with one attached hydrogen (secondary N) is 1. The zero-order valence-corrected chi connectivity index (χ0v) is 16.3. The van der Waals surface area contributed by atoms with Crippen LogP contribution in [0.1, 0.15) is 0 Å². The average Bonchev–Trinajstić information content (AvgIpc) is 3.15. The molecule has 1 amide bonds. The Kier molecular flexibility index (Phi) is 6.31. The first-order valence-electron chi connectivity index (χ1n) is 7.95. The van der Waals surface area contributed by atoms with E-state index in [0.717, 1.165) is 10.5 Å². The molecule has 3 rings (SSSR count). The summed E-state index contributed by atoms with van der Waals surface area (Å²) >= 11 is 2.67. The van der Waals surface area contributed by atoms with Crippen molar-refractivity contribution >= 4 is 34.1 Å². The van der Waals surface area contributed by atoms with E-state index in [2.05, 4.69) is 10.3 Å². The number of rotatable bonds is 7. The number of ether oxygens (including phenoxy) is 2. The fourth-order valence-electron chi connectivity index (χ4n) is 2.30. The lowest BCUT2D eigenvalue weighted by Gasteiger charge is -2.08. The number of hydrogen-bond acceptors (Lipinski definition) is 6. The van der Waals surface area contributed by atoms with E-state index in [-0.39, 0.29) is 17.5 Å². The number of nitrogens with zero attached hydrogens (tertiary/aromatic N) is 1. The Morgan fingerprint density at radius 3 is 2.67 bits per heavy atom. The summed E-state index contributed by atoms with van der Waals surface area (Å²) in [4.78, 5) is 17.4. The highest BCUT2D eigenvalue weighted by Gasteiger charge is 2.13. The number of carbonyl (C=O) groups excluding carboxylic acids is 1. The summed E-state index contributed by atoms with van der Waals surface area (Å²) in [6, 6.07) is 11.5. The lowest BCUT2D eigenvalue weighted by molar-refractivity contribution is -0.113. The van der Waals surface area contributed by atoms with Gasteiger partial charge in [0.2, 0.25) is 5.91 Å². The predicted octanol–water partition coefficient (Wildman–Crippen LogP) is 4.70. The van der Waals surface area contributed by atoms with Gasteiger partial charge in [-0.05, 0) is 36.4 Å². The summed E-state index contributed by atoms with van der Waals surface area (Å²) in [6.45, 7) is 0. The van der Waals surface area contributed by atoms with E-state index in [1.54, 1.807) is 32.4 Å². The number of benzene rings is 2. The van der Waals surface area contributed by atoms with Crippen LogP contribution in [0.4, 0.5) is 9.52 Å². The maximum Gasteiger partial charge on any atom is 0.236 e. The number of methoxy groups -OCH3 is 2. The lowest BCUT2D eigenvalue weighted by Crippen LogP contribution is -2.13. The number of halogens is 1. The van der Waals surface area contributed by atoms with Crippen LogP contribution >= 0.6 is 23.1 Å². The first-order valence-corrected chi connectivity index (χ1v) is 9.81. The van der Waals surface area contributed by atoms with Gasteiger partial charge in [0.05, 0.1) is 25.7 Å². The average molecular weight is 404 g/mol. The van der Waals surface area contributed by atoms with Gasteiger partial charge in [0.1, 0.15) is 17.3 Å². The van der Waals surface area contributed by atoms with E-state index in [0.29, 0.717) is 22.3 Å². The van der Waals surface area contributed by atoms with Crippen molar-refractivity contribution in [2.75, 3.05) is 25.3 Å². The molecule has 1 heterocycles. The van der Waals surface area contributed by atoms with Crippen LogP contribution in [0.2, 0.25) is 0 Å². The molecule has 0 aliphatic carbocycles. The van der Waals surface area contributed by atoms with Crippen LogP contribution in [-0.2, 0) is 4.79 Å². The van der Waals surface area contributed by atoms with Gasteiger partial charge < -0.3 is 14.8 Å². The van der Waals surface area contributed by atoms with Crippen LogP contribution in [0.5, 0.6) is 11.5 Å². The lowest BCUT2D eigenvalue weighted by atomic mass is 10.1. The molecule has 1 aromatic heterocycles. The largest absolute Gasteiger partial charge is 0.497 e. The van der Waals surface area contributed by atoms with E-state index in [4.69, 9.17) is 9.47 Å². The fourth-order valence-corrected chi connectivity index (χ4v) is 3.73. The first-order chi connectivity index (χ1) is 13.1. The third kappa shape index (κ3) is 4.99. The molecular weight excluding hydrogens is 387 g/mol. The molecule has 0 aliphatic heterocycles. The van der Waals surface area contributed by atoms with Crippen molar-refractivity contribution in [2.24, 2.45) is 0 Å². The van der Waals surface area contributed by atoms with Gasteiger partial charge in [-0.25, -0.2) is 9.37 Å². The third-order valence-corrected chi connectivity index (χ3v) is 5.39. The molecule has 140 valence electrons. The molecule has 0 fully saturated rings. The first kappa shape index (κ1) is 19.2. The second-order valence-corrected chi connectivity index (χ2v) is 7.30. The van der Waals surface area contributed by atoms with Crippen molar-refractivity contribution in [3.8, 4) is 22.8 Å². The highest BCUT2D eigenvalue weighted by atomic mass is 32.2. The maximum absolute atomic E-state index is 12.9. The van der Waals surface area contributed by atoms with Crippen LogP contribution in [0.15, 0.2) is 52.7 Å². The molecule has 0 aliphatic rings. The Morgan fingerprint density at radius 1 is 1.19 bits per heavy atom. The molecule has 1 N–H and O–H groups in total. The molecule has 0 saturated heterocycles. The number of amides is 1. The van der Waals surface area contributed by atoms with Crippen LogP contribution < -0.4 is 14.8 Å². The molecule has 3 aromatic rings. The Morgan fingerprint density at radius 2 is 1.96 bits per heavy atom. The summed E-state index contributed by atoms with van der Waals surface area (Å²) in [6.07, 6.45) is 0. The van der Waals surface area contributed by atoms with Gasteiger partial charge in [-0.1, -0.05) is 0 Å². The van der Waals surface area contributed by atoms with Crippen LogP contribution in [0.25, 0.3) is 11.3 Å². The monoisotopic (exact) mass is 404 g/mol. The highest BCUT2D eigenvalue weighted by molar-refractivity contribution is 8.00. The van der Waals surface area contributed by atoms with Crippen LogP contribution in [0.3, 0.4) is 0 Å². The van der Waals surface area contributed by atoms with E-state index in [1.807, 2.05) is 17.5 Å². The zero-order chi connectivity index (χ0) is 19.2. The molecule has 27 heavy (non-hydrogen) atoms. The Hall–Kier alpha value is -2.58. The standard InChI is InChI=1S/C19H17FN2O3S2/c1-24-13-5-8-15(17(9-13)25-2)16-10-27-19(21-16)22-18(23)11-26-14-6-3-12(20)4-7-14/h3-10H,11H2,1-2H3,(H,21,22,23). The third-order valence-electron chi connectivity index (χ3n) is 3.62. The number of aromatic nitrogens is 1. The molecular formula is C19H17FN2O3S2. The smallest absolute Gasteiger partial charge is 0.236 e. The summed E-state index contributed by atoms with van der Waals surface area (Å²) in [5.74, 6) is 1.08. The zero-order valence-electron chi connectivity index (χ0n) is 14.7. The second kappa shape index (κ2) is 8.88. The Labute approximate surface area is 164 Å². The minimum Gasteiger partial charge on any atom is -0.497 e. The van der Waals surface area contributed by atoms with Gasteiger partial charge in [0.25, 0.3) is 0 Å². The predicted molar refractivity (Wildman–Crippen MR) is 106 cm³/mol. The minimum absolute atomic E-state index is 0.174. The number of thiazole rings is 1. The van der Waals surface area contributed by atoms with Gasteiger partial charge in [-0.3, -0.25) is 4.79 Å². The molecule has 0 bridgehead atoms. The quantitative estimate of drug-likeness (QED) is 0.579. The van der Waals surface area contributed by atoms with Crippen molar-refractivity contribution in [3.63, 3.8) is 0 Å². The maximum atomic E-state index is 12.9. The molecule has 0 saturated carbocycles. The van der Waals surface area contributed by atoms with Crippen molar-refractivity contribution in [3.05, 3.63) is 53.7 Å². The topological polar surface area (TPSA) is 60.5 Å². The van der Waals surface area contributed by atoms with Crippen molar-refractivity contribution in [1.29, 1.82) is 0 Å². The number of anilines is 1. The number of thioether (sulfide) groups is 1. The number of carbonyl (C=O) groups is 1. The molecule has 2 aromatic carbocycles. The Balaban J connectivity index is 1.63. The summed E-state index contributed by atoms with van der Waals surface area (Å²) in [7, 11) is 3.18. The van der Waals surface area contributed by atoms with Crippen LogP contribution in [-0.4, -0.2) is 30.9 Å². The van der Waals surface area contributed by atoms with Gasteiger partial charge >= 0.3 is 0 Å².